The van der Waals surface area contributed by atoms with Crippen LogP contribution >= 0.6 is 35.3 Å². The van der Waals surface area contributed by atoms with E-state index < -0.39 is 0 Å². The fraction of sp³-hybridized carbons (Fsp3) is 0.625. The average molecular weight is 479 g/mol. The molecular weight excluding hydrogens is 453 g/mol. The number of nitrogens with one attached hydrogen (secondary N) is 2. The third kappa shape index (κ3) is 6.53. The largest absolute Gasteiger partial charge is 0.356 e. The predicted octanol–water partition coefficient (Wildman–Crippen LogP) is 1.62. The van der Waals surface area contributed by atoms with E-state index in [9.17, 15) is 9.59 Å². The molecule has 1 fully saturated rings. The smallest absolute Gasteiger partial charge is 0.229 e. The van der Waals surface area contributed by atoms with Crippen LogP contribution < -0.4 is 10.6 Å². The molecule has 0 bridgehead atoms. The van der Waals surface area contributed by atoms with Crippen molar-refractivity contribution in [1.29, 1.82) is 0 Å². The number of aromatic nitrogens is 1. The van der Waals surface area contributed by atoms with Gasteiger partial charge in [-0.2, -0.15) is 0 Å². The molecule has 0 aliphatic carbocycles. The first kappa shape index (κ1) is 21.8. The number of rotatable bonds is 6. The van der Waals surface area contributed by atoms with E-state index in [0.29, 0.717) is 38.3 Å². The Morgan fingerprint density at radius 2 is 1.84 bits per heavy atom. The number of carbonyl (C=O) groups is 2. The van der Waals surface area contributed by atoms with Gasteiger partial charge in [0.05, 0.1) is 10.7 Å². The molecule has 2 rings (SSSR count). The van der Waals surface area contributed by atoms with E-state index in [0.717, 1.165) is 23.7 Å². The molecule has 1 aliphatic rings. The summed E-state index contributed by atoms with van der Waals surface area (Å²) in [5.41, 5.74) is 1.09. The molecule has 1 aromatic heterocycles. The number of carbonyl (C=O) groups excluding carboxylic acids is 2. The van der Waals surface area contributed by atoms with Gasteiger partial charge in [-0.3, -0.25) is 19.5 Å². The lowest BCUT2D eigenvalue weighted by atomic mass is 10.1. The molecule has 0 saturated carbocycles. The van der Waals surface area contributed by atoms with Crippen molar-refractivity contribution in [2.24, 2.45) is 4.99 Å². The van der Waals surface area contributed by atoms with Crippen LogP contribution in [0.15, 0.2) is 4.99 Å². The number of aliphatic imine (C=N–C) groups is 1. The molecule has 0 spiro atoms. The molecule has 0 atom stereocenters. The Balaban J connectivity index is 0.00000312. The van der Waals surface area contributed by atoms with Crippen LogP contribution in [-0.2, 0) is 16.0 Å². The second-order valence-corrected chi connectivity index (χ2v) is 7.01. The van der Waals surface area contributed by atoms with Crippen LogP contribution in [0.1, 0.15) is 34.8 Å². The number of likely N-dealkylation sites (tertiary alicyclic amines) is 1. The van der Waals surface area contributed by atoms with E-state index in [1.165, 1.54) is 9.78 Å². The number of hydrogen-bond donors (Lipinski definition) is 2. The number of imide groups is 1. The van der Waals surface area contributed by atoms with E-state index in [4.69, 9.17) is 0 Å². The lowest BCUT2D eigenvalue weighted by Gasteiger charge is -2.25. The molecule has 1 saturated heterocycles. The van der Waals surface area contributed by atoms with Crippen molar-refractivity contribution in [2.75, 3.05) is 26.7 Å². The number of nitrogens with zero attached hydrogens (tertiary/aromatic N) is 3. The Hall–Kier alpha value is -1.23. The second kappa shape index (κ2) is 10.7. The quantitative estimate of drug-likeness (QED) is 0.280. The van der Waals surface area contributed by atoms with Gasteiger partial charge in [0, 0.05) is 50.8 Å². The summed E-state index contributed by atoms with van der Waals surface area (Å²) in [5.74, 6) is 0.507. The van der Waals surface area contributed by atoms with Gasteiger partial charge in [0.1, 0.15) is 0 Å². The van der Waals surface area contributed by atoms with Crippen LogP contribution in [0.5, 0.6) is 0 Å². The van der Waals surface area contributed by atoms with E-state index in [-0.39, 0.29) is 35.8 Å². The van der Waals surface area contributed by atoms with Crippen molar-refractivity contribution in [3.63, 3.8) is 0 Å². The molecular formula is C16H26IN5O2S. The Labute approximate surface area is 169 Å². The molecule has 2 N–H and O–H groups in total. The van der Waals surface area contributed by atoms with E-state index in [2.05, 4.69) is 27.5 Å². The standard InChI is InChI=1S/C16H25N5O2S.HI/c1-11-12(2)24-13(20-11)7-8-18-16(17-3)19-9-10-21-14(22)5-4-6-15(21)23;/h4-10H2,1-3H3,(H2,17,18,19);1H. The molecule has 25 heavy (non-hydrogen) atoms. The van der Waals surface area contributed by atoms with E-state index >= 15 is 0 Å². The van der Waals surface area contributed by atoms with Gasteiger partial charge in [0.25, 0.3) is 0 Å². The summed E-state index contributed by atoms with van der Waals surface area (Å²) in [7, 11) is 1.70. The topological polar surface area (TPSA) is 86.7 Å². The van der Waals surface area contributed by atoms with Crippen molar-refractivity contribution < 1.29 is 9.59 Å². The molecule has 2 heterocycles. The number of piperidine rings is 1. The van der Waals surface area contributed by atoms with Crippen LogP contribution in [0, 0.1) is 13.8 Å². The zero-order chi connectivity index (χ0) is 17.5. The zero-order valence-electron chi connectivity index (χ0n) is 14.9. The first-order valence-electron chi connectivity index (χ1n) is 8.22. The minimum absolute atomic E-state index is 0. The summed E-state index contributed by atoms with van der Waals surface area (Å²) in [6, 6.07) is 0. The number of halogens is 1. The lowest BCUT2D eigenvalue weighted by Crippen LogP contribution is -2.46. The molecule has 2 amide bonds. The van der Waals surface area contributed by atoms with Crippen molar-refractivity contribution in [2.45, 2.75) is 39.5 Å². The monoisotopic (exact) mass is 479 g/mol. The minimum atomic E-state index is -0.0782. The number of guanidine groups is 1. The van der Waals surface area contributed by atoms with Crippen LogP contribution in [0.2, 0.25) is 0 Å². The summed E-state index contributed by atoms with van der Waals surface area (Å²) in [4.78, 5) is 34.7. The third-order valence-corrected chi connectivity index (χ3v) is 5.07. The van der Waals surface area contributed by atoms with Gasteiger partial charge in [0.2, 0.25) is 11.8 Å². The highest BCUT2D eigenvalue weighted by molar-refractivity contribution is 14.0. The van der Waals surface area contributed by atoms with Gasteiger partial charge in [-0.15, -0.1) is 35.3 Å². The molecule has 1 aliphatic heterocycles. The van der Waals surface area contributed by atoms with Gasteiger partial charge >= 0.3 is 0 Å². The third-order valence-electron chi connectivity index (χ3n) is 3.94. The molecule has 0 unspecified atom stereocenters. The summed E-state index contributed by atoms with van der Waals surface area (Å²) < 4.78 is 0. The maximum absolute atomic E-state index is 11.7. The molecule has 7 nitrogen and oxygen atoms in total. The molecule has 140 valence electrons. The number of hydrogen-bond acceptors (Lipinski definition) is 5. The van der Waals surface area contributed by atoms with Gasteiger partial charge in [-0.25, -0.2) is 4.98 Å². The first-order valence-corrected chi connectivity index (χ1v) is 9.03. The zero-order valence-corrected chi connectivity index (χ0v) is 18.1. The number of amides is 2. The minimum Gasteiger partial charge on any atom is -0.356 e. The highest BCUT2D eigenvalue weighted by atomic mass is 127. The number of aryl methyl sites for hydroxylation is 2. The molecule has 0 aromatic carbocycles. The summed E-state index contributed by atoms with van der Waals surface area (Å²) in [5, 5.41) is 7.47. The van der Waals surface area contributed by atoms with Crippen molar-refractivity contribution in [3.05, 3.63) is 15.6 Å². The fourth-order valence-electron chi connectivity index (χ4n) is 2.49. The fourth-order valence-corrected chi connectivity index (χ4v) is 3.42. The van der Waals surface area contributed by atoms with E-state index in [1.807, 2.05) is 6.92 Å². The highest BCUT2D eigenvalue weighted by Crippen LogP contribution is 2.16. The Bertz CT molecular complexity index is 597. The maximum Gasteiger partial charge on any atom is 0.229 e. The Morgan fingerprint density at radius 1 is 1.20 bits per heavy atom. The Kier molecular flexibility index (Phi) is 9.33. The lowest BCUT2D eigenvalue weighted by molar-refractivity contribution is -0.147. The van der Waals surface area contributed by atoms with Crippen molar-refractivity contribution >= 4 is 53.1 Å². The first-order chi connectivity index (χ1) is 11.5. The van der Waals surface area contributed by atoms with Crippen molar-refractivity contribution in [1.82, 2.24) is 20.5 Å². The Morgan fingerprint density at radius 3 is 2.40 bits per heavy atom. The molecule has 9 heteroatoms. The maximum atomic E-state index is 11.7. The molecule has 0 radical (unpaired) electrons. The van der Waals surface area contributed by atoms with E-state index in [1.54, 1.807) is 18.4 Å². The van der Waals surface area contributed by atoms with Crippen LogP contribution in [0.3, 0.4) is 0 Å². The highest BCUT2D eigenvalue weighted by Gasteiger charge is 2.25. The van der Waals surface area contributed by atoms with Gasteiger partial charge < -0.3 is 10.6 Å². The van der Waals surface area contributed by atoms with Gasteiger partial charge in [0.15, 0.2) is 5.96 Å². The molecule has 1 aromatic rings. The van der Waals surface area contributed by atoms with Gasteiger partial charge in [-0.1, -0.05) is 0 Å². The van der Waals surface area contributed by atoms with Crippen LogP contribution in [0.25, 0.3) is 0 Å². The average Bonchev–Trinajstić information content (AvgIpc) is 2.86. The normalized spacial score (nSPS) is 15.2. The predicted molar refractivity (Wildman–Crippen MR) is 111 cm³/mol. The number of thiazole rings is 1. The second-order valence-electron chi connectivity index (χ2n) is 5.72. The summed E-state index contributed by atoms with van der Waals surface area (Å²) in [6.07, 6.45) is 2.43. The van der Waals surface area contributed by atoms with Crippen LogP contribution in [-0.4, -0.2) is 54.3 Å². The SMILES string of the molecule is CN=C(NCCc1nc(C)c(C)s1)NCCN1C(=O)CCCC1=O.I. The summed E-state index contributed by atoms with van der Waals surface area (Å²) in [6.45, 7) is 5.70. The summed E-state index contributed by atoms with van der Waals surface area (Å²) >= 11 is 1.72. The van der Waals surface area contributed by atoms with Crippen molar-refractivity contribution in [3.8, 4) is 0 Å². The van der Waals surface area contributed by atoms with Crippen LogP contribution in [0.4, 0.5) is 0 Å². The van der Waals surface area contributed by atoms with Gasteiger partial charge in [-0.05, 0) is 20.3 Å².